The molecule has 0 saturated carbocycles. The van der Waals surface area contributed by atoms with Gasteiger partial charge in [-0.15, -0.1) is 0 Å². The van der Waals surface area contributed by atoms with Gasteiger partial charge in [0, 0.05) is 23.6 Å². The summed E-state index contributed by atoms with van der Waals surface area (Å²) < 4.78 is 25.8. The van der Waals surface area contributed by atoms with Gasteiger partial charge in [0.1, 0.15) is 5.82 Å². The lowest BCUT2D eigenvalue weighted by Crippen LogP contribution is -2.25. The molecule has 0 fully saturated rings. The third-order valence-electron chi connectivity index (χ3n) is 5.45. The van der Waals surface area contributed by atoms with Crippen LogP contribution in [-0.4, -0.2) is 38.3 Å². The summed E-state index contributed by atoms with van der Waals surface area (Å²) in [5.41, 5.74) is 3.34. The molecule has 1 N–H and O–H groups in total. The summed E-state index contributed by atoms with van der Waals surface area (Å²) in [6, 6.07) is 21.2. The van der Waals surface area contributed by atoms with Gasteiger partial charge in [-0.3, -0.25) is 13.9 Å². The molecule has 0 aliphatic rings. The standard InChI is InChI=1S/C25H22N2O4S/c1-16-12-14-18(15-13-16)23(28)24(29)20-11-7-10-19-21(17-8-5-4-6-9-17)25(26-22(19)20)27(2)32(3,30)31/h4-15,26H,1-3H3. The molecule has 0 bridgehead atoms. The van der Waals surface area contributed by atoms with E-state index in [0.29, 0.717) is 27.8 Å². The highest BCUT2D eigenvalue weighted by molar-refractivity contribution is 7.92. The predicted molar refractivity (Wildman–Crippen MR) is 127 cm³/mol. The van der Waals surface area contributed by atoms with Gasteiger partial charge < -0.3 is 4.98 Å². The van der Waals surface area contributed by atoms with Crippen molar-refractivity contribution in [1.29, 1.82) is 0 Å². The molecule has 1 heterocycles. The SMILES string of the molecule is Cc1ccc(C(=O)C(=O)c2cccc3c(-c4ccccc4)c(N(C)S(C)(=O)=O)[nH]c23)cc1. The first-order valence-corrected chi connectivity index (χ1v) is 11.8. The molecule has 0 amide bonds. The van der Waals surface area contributed by atoms with Crippen molar-refractivity contribution in [3.8, 4) is 11.1 Å². The number of benzene rings is 3. The summed E-state index contributed by atoms with van der Waals surface area (Å²) in [6.07, 6.45) is 1.11. The number of carbonyl (C=O) groups is 2. The van der Waals surface area contributed by atoms with E-state index < -0.39 is 21.6 Å². The Morgan fingerprint density at radius 2 is 1.50 bits per heavy atom. The molecule has 0 atom stereocenters. The van der Waals surface area contributed by atoms with Crippen LogP contribution in [0.15, 0.2) is 72.8 Å². The zero-order valence-electron chi connectivity index (χ0n) is 17.9. The van der Waals surface area contributed by atoms with Gasteiger partial charge in [0.15, 0.2) is 0 Å². The number of nitrogens with one attached hydrogen (secondary N) is 1. The quantitative estimate of drug-likeness (QED) is 0.346. The number of para-hydroxylation sites is 1. The van der Waals surface area contributed by atoms with E-state index in [4.69, 9.17) is 0 Å². The average molecular weight is 447 g/mol. The number of hydrogen-bond acceptors (Lipinski definition) is 4. The summed E-state index contributed by atoms with van der Waals surface area (Å²) >= 11 is 0. The molecule has 0 aliphatic heterocycles. The van der Waals surface area contributed by atoms with Crippen LogP contribution in [0.5, 0.6) is 0 Å². The molecule has 4 rings (SSSR count). The number of ketones is 2. The number of aromatic nitrogens is 1. The minimum Gasteiger partial charge on any atom is -0.339 e. The van der Waals surface area contributed by atoms with Gasteiger partial charge in [-0.05, 0) is 18.6 Å². The fraction of sp³-hybridized carbons (Fsp3) is 0.120. The largest absolute Gasteiger partial charge is 0.339 e. The van der Waals surface area contributed by atoms with Gasteiger partial charge in [0.05, 0.1) is 17.3 Å². The van der Waals surface area contributed by atoms with E-state index in [2.05, 4.69) is 4.98 Å². The van der Waals surface area contributed by atoms with Gasteiger partial charge in [-0.25, -0.2) is 8.42 Å². The summed E-state index contributed by atoms with van der Waals surface area (Å²) in [6.45, 7) is 1.90. The number of nitrogens with zero attached hydrogens (tertiary/aromatic N) is 1. The first-order chi connectivity index (χ1) is 15.2. The van der Waals surface area contributed by atoms with Crippen LogP contribution in [0.1, 0.15) is 26.3 Å². The lowest BCUT2D eigenvalue weighted by Gasteiger charge is -2.17. The first-order valence-electron chi connectivity index (χ1n) is 9.98. The summed E-state index contributed by atoms with van der Waals surface area (Å²) in [5, 5.41) is 0.657. The zero-order valence-corrected chi connectivity index (χ0v) is 18.7. The third kappa shape index (κ3) is 3.83. The molecule has 0 radical (unpaired) electrons. The third-order valence-corrected chi connectivity index (χ3v) is 6.63. The van der Waals surface area contributed by atoms with Gasteiger partial charge in [0.2, 0.25) is 21.6 Å². The molecule has 0 spiro atoms. The first kappa shape index (κ1) is 21.5. The average Bonchev–Trinajstić information content (AvgIpc) is 3.17. The minimum absolute atomic E-state index is 0.193. The predicted octanol–water partition coefficient (Wildman–Crippen LogP) is 4.60. The number of rotatable bonds is 6. The monoisotopic (exact) mass is 446 g/mol. The molecular weight excluding hydrogens is 424 g/mol. The summed E-state index contributed by atoms with van der Waals surface area (Å²) in [7, 11) is -2.13. The van der Waals surface area contributed by atoms with E-state index in [9.17, 15) is 18.0 Å². The lowest BCUT2D eigenvalue weighted by molar-refractivity contribution is 0.0818. The number of fused-ring (bicyclic) bond motifs is 1. The fourth-order valence-corrected chi connectivity index (χ4v) is 4.12. The fourth-order valence-electron chi connectivity index (χ4n) is 3.65. The molecule has 1 aromatic heterocycles. The number of carbonyl (C=O) groups excluding carboxylic acids is 2. The Morgan fingerprint density at radius 3 is 2.12 bits per heavy atom. The van der Waals surface area contributed by atoms with Gasteiger partial charge in [-0.1, -0.05) is 72.3 Å². The molecule has 0 aliphatic carbocycles. The highest BCUT2D eigenvalue weighted by Crippen LogP contribution is 2.39. The molecular formula is C25H22N2O4S. The number of hydrogen-bond donors (Lipinski definition) is 1. The van der Waals surface area contributed by atoms with Crippen LogP contribution in [-0.2, 0) is 10.0 Å². The van der Waals surface area contributed by atoms with Crippen molar-refractivity contribution in [1.82, 2.24) is 4.98 Å². The Labute approximate surface area is 186 Å². The second-order valence-electron chi connectivity index (χ2n) is 7.70. The number of aryl methyl sites for hydroxylation is 1. The van der Waals surface area contributed by atoms with E-state index in [0.717, 1.165) is 21.7 Å². The number of Topliss-reactive ketones (excluding diaryl/α,β-unsaturated/α-hetero) is 2. The van der Waals surface area contributed by atoms with Crippen LogP contribution in [0.3, 0.4) is 0 Å². The second-order valence-corrected chi connectivity index (χ2v) is 9.71. The maximum absolute atomic E-state index is 13.2. The van der Waals surface area contributed by atoms with Crippen LogP contribution < -0.4 is 4.31 Å². The molecule has 162 valence electrons. The number of anilines is 1. The molecule has 0 saturated heterocycles. The second kappa shape index (κ2) is 8.09. The van der Waals surface area contributed by atoms with Gasteiger partial charge in [0.25, 0.3) is 0 Å². The Balaban J connectivity index is 1.93. The Morgan fingerprint density at radius 1 is 0.844 bits per heavy atom. The van der Waals surface area contributed by atoms with Crippen molar-refractivity contribution < 1.29 is 18.0 Å². The highest BCUT2D eigenvalue weighted by Gasteiger charge is 2.26. The van der Waals surface area contributed by atoms with E-state index in [1.165, 1.54) is 7.05 Å². The number of sulfonamides is 1. The molecule has 3 aromatic carbocycles. The van der Waals surface area contributed by atoms with Crippen LogP contribution in [0, 0.1) is 6.92 Å². The molecule has 7 heteroatoms. The van der Waals surface area contributed by atoms with Crippen molar-refractivity contribution in [3.05, 3.63) is 89.5 Å². The van der Waals surface area contributed by atoms with Crippen LogP contribution in [0.2, 0.25) is 0 Å². The van der Waals surface area contributed by atoms with Crippen molar-refractivity contribution in [3.63, 3.8) is 0 Å². The normalized spacial score (nSPS) is 11.5. The number of aromatic amines is 1. The zero-order chi connectivity index (χ0) is 23.0. The summed E-state index contributed by atoms with van der Waals surface area (Å²) in [4.78, 5) is 29.2. The van der Waals surface area contributed by atoms with Crippen molar-refractivity contribution >= 4 is 38.3 Å². The molecule has 32 heavy (non-hydrogen) atoms. The molecule has 0 unspecified atom stereocenters. The van der Waals surface area contributed by atoms with Crippen molar-refractivity contribution in [2.75, 3.05) is 17.6 Å². The van der Waals surface area contributed by atoms with Gasteiger partial charge >= 0.3 is 0 Å². The van der Waals surface area contributed by atoms with E-state index in [1.807, 2.05) is 37.3 Å². The molecule has 6 nitrogen and oxygen atoms in total. The summed E-state index contributed by atoms with van der Waals surface area (Å²) in [5.74, 6) is -0.947. The maximum atomic E-state index is 13.2. The van der Waals surface area contributed by atoms with Crippen LogP contribution in [0.25, 0.3) is 22.0 Å². The Hall–Kier alpha value is -3.71. The van der Waals surface area contributed by atoms with E-state index in [1.54, 1.807) is 42.5 Å². The van der Waals surface area contributed by atoms with E-state index in [-0.39, 0.29) is 5.56 Å². The minimum atomic E-state index is -3.58. The van der Waals surface area contributed by atoms with Gasteiger partial charge in [-0.2, -0.15) is 0 Å². The Kier molecular flexibility index (Phi) is 5.44. The molecule has 4 aromatic rings. The number of H-pyrrole nitrogens is 1. The smallest absolute Gasteiger partial charge is 0.235 e. The highest BCUT2D eigenvalue weighted by atomic mass is 32.2. The van der Waals surface area contributed by atoms with E-state index >= 15 is 0 Å². The van der Waals surface area contributed by atoms with Crippen LogP contribution >= 0.6 is 0 Å². The van der Waals surface area contributed by atoms with Crippen LogP contribution in [0.4, 0.5) is 5.82 Å². The topological polar surface area (TPSA) is 87.3 Å². The van der Waals surface area contributed by atoms with Crippen molar-refractivity contribution in [2.24, 2.45) is 0 Å². The van der Waals surface area contributed by atoms with Crippen molar-refractivity contribution in [2.45, 2.75) is 6.92 Å². The maximum Gasteiger partial charge on any atom is 0.235 e. The Bertz CT molecular complexity index is 1440. The lowest BCUT2D eigenvalue weighted by atomic mass is 9.97.